The largest absolute Gasteiger partial charge is 0.388 e. The Bertz CT molecular complexity index is 534. The van der Waals surface area contributed by atoms with Crippen LogP contribution < -0.4 is 5.32 Å². The molecule has 90 valence electrons. The molecule has 2 rings (SSSR count). The summed E-state index contributed by atoms with van der Waals surface area (Å²) in [6, 6.07) is 7.52. The number of nitrogens with one attached hydrogen (secondary N) is 1. The molecule has 17 heavy (non-hydrogen) atoms. The number of imidazole rings is 1. The molecule has 1 heterocycles. The maximum absolute atomic E-state index is 11.6. The van der Waals surface area contributed by atoms with Crippen LogP contribution >= 0.6 is 0 Å². The zero-order valence-corrected chi connectivity index (χ0v) is 9.68. The molecule has 0 saturated heterocycles. The third kappa shape index (κ3) is 2.29. The smallest absolute Gasteiger partial charge is 0.239 e. The van der Waals surface area contributed by atoms with E-state index in [4.69, 9.17) is 0 Å². The van der Waals surface area contributed by atoms with Crippen LogP contribution in [0.1, 0.15) is 12.7 Å². The second-order valence-electron chi connectivity index (χ2n) is 3.71. The van der Waals surface area contributed by atoms with E-state index in [0.29, 0.717) is 12.4 Å². The van der Waals surface area contributed by atoms with Gasteiger partial charge in [-0.3, -0.25) is 4.79 Å². The fraction of sp³-hybridized carbons (Fsp3) is 0.333. The molecular weight excluding hydrogens is 218 g/mol. The number of hydrogen-bond acceptors (Lipinski definition) is 3. The van der Waals surface area contributed by atoms with Crippen molar-refractivity contribution >= 4 is 16.9 Å². The summed E-state index contributed by atoms with van der Waals surface area (Å²) in [4.78, 5) is 15.9. The predicted octanol–water partition coefficient (Wildman–Crippen LogP) is 0.665. The number of aromatic nitrogens is 2. The average molecular weight is 233 g/mol. The van der Waals surface area contributed by atoms with Crippen LogP contribution in [-0.4, -0.2) is 27.1 Å². The first-order valence-electron chi connectivity index (χ1n) is 5.58. The van der Waals surface area contributed by atoms with E-state index in [1.54, 1.807) is 4.57 Å². The third-order valence-corrected chi connectivity index (χ3v) is 2.55. The highest BCUT2D eigenvalue weighted by molar-refractivity contribution is 5.81. The van der Waals surface area contributed by atoms with Crippen molar-refractivity contribution in [3.8, 4) is 0 Å². The van der Waals surface area contributed by atoms with Gasteiger partial charge in [0.15, 0.2) is 0 Å². The molecule has 5 heteroatoms. The summed E-state index contributed by atoms with van der Waals surface area (Å²) < 4.78 is 1.74. The fourth-order valence-corrected chi connectivity index (χ4v) is 1.82. The molecule has 2 N–H and O–H groups in total. The van der Waals surface area contributed by atoms with Gasteiger partial charge in [0.05, 0.1) is 11.0 Å². The van der Waals surface area contributed by atoms with Gasteiger partial charge in [-0.05, 0) is 19.1 Å². The summed E-state index contributed by atoms with van der Waals surface area (Å²) in [7, 11) is 0. The van der Waals surface area contributed by atoms with Crippen LogP contribution in [0.4, 0.5) is 0 Å². The van der Waals surface area contributed by atoms with E-state index in [0.717, 1.165) is 11.0 Å². The van der Waals surface area contributed by atoms with Gasteiger partial charge in [-0.2, -0.15) is 0 Å². The molecule has 0 fully saturated rings. The fourth-order valence-electron chi connectivity index (χ4n) is 1.82. The summed E-state index contributed by atoms with van der Waals surface area (Å²) in [5, 5.41) is 12.0. The maximum Gasteiger partial charge on any atom is 0.239 e. The number of aliphatic hydroxyl groups excluding tert-OH is 1. The SMILES string of the molecule is CCNC(=O)Cn1c(CO)nc2ccccc21. The summed E-state index contributed by atoms with van der Waals surface area (Å²) in [6.45, 7) is 2.48. The van der Waals surface area contributed by atoms with Crippen LogP contribution in [0.3, 0.4) is 0 Å². The van der Waals surface area contributed by atoms with Crippen molar-refractivity contribution < 1.29 is 9.90 Å². The van der Waals surface area contributed by atoms with E-state index in [-0.39, 0.29) is 19.1 Å². The van der Waals surface area contributed by atoms with E-state index in [1.807, 2.05) is 31.2 Å². The van der Waals surface area contributed by atoms with Gasteiger partial charge >= 0.3 is 0 Å². The molecule has 0 aliphatic carbocycles. The number of likely N-dealkylation sites (N-methyl/N-ethyl adjacent to an activating group) is 1. The Hall–Kier alpha value is -1.88. The molecule has 0 aliphatic heterocycles. The molecule has 2 aromatic rings. The lowest BCUT2D eigenvalue weighted by atomic mass is 10.3. The van der Waals surface area contributed by atoms with Gasteiger partial charge < -0.3 is 15.0 Å². The molecule has 0 atom stereocenters. The Morgan fingerprint density at radius 1 is 1.47 bits per heavy atom. The number of rotatable bonds is 4. The van der Waals surface area contributed by atoms with Crippen molar-refractivity contribution in [1.82, 2.24) is 14.9 Å². The second-order valence-corrected chi connectivity index (χ2v) is 3.71. The van der Waals surface area contributed by atoms with Gasteiger partial charge in [0.2, 0.25) is 5.91 Å². The van der Waals surface area contributed by atoms with Gasteiger partial charge in [0.25, 0.3) is 0 Å². The topological polar surface area (TPSA) is 67.2 Å². The van der Waals surface area contributed by atoms with E-state index >= 15 is 0 Å². The quantitative estimate of drug-likeness (QED) is 0.815. The molecule has 1 amide bonds. The van der Waals surface area contributed by atoms with Crippen LogP contribution in [-0.2, 0) is 17.9 Å². The third-order valence-electron chi connectivity index (χ3n) is 2.55. The minimum absolute atomic E-state index is 0.0784. The van der Waals surface area contributed by atoms with Gasteiger partial charge in [0.1, 0.15) is 19.0 Å². The van der Waals surface area contributed by atoms with Crippen molar-refractivity contribution in [3.63, 3.8) is 0 Å². The minimum Gasteiger partial charge on any atom is -0.388 e. The van der Waals surface area contributed by atoms with Crippen molar-refractivity contribution in [2.75, 3.05) is 6.54 Å². The highest BCUT2D eigenvalue weighted by atomic mass is 16.3. The zero-order valence-electron chi connectivity index (χ0n) is 9.68. The molecular formula is C12H15N3O2. The summed E-state index contributed by atoms with van der Waals surface area (Å²) in [5.74, 6) is 0.433. The molecule has 0 bridgehead atoms. The standard InChI is InChI=1S/C12H15N3O2/c1-2-13-12(17)7-15-10-6-4-3-5-9(10)14-11(15)8-16/h3-6,16H,2,7-8H2,1H3,(H,13,17). The van der Waals surface area contributed by atoms with E-state index in [9.17, 15) is 9.90 Å². The Morgan fingerprint density at radius 3 is 2.94 bits per heavy atom. The van der Waals surface area contributed by atoms with Crippen molar-refractivity contribution in [2.24, 2.45) is 0 Å². The van der Waals surface area contributed by atoms with Crippen LogP contribution in [0.2, 0.25) is 0 Å². The molecule has 0 unspecified atom stereocenters. The molecule has 1 aromatic heterocycles. The Labute approximate surface area is 99.1 Å². The first-order valence-corrected chi connectivity index (χ1v) is 5.58. The zero-order chi connectivity index (χ0) is 12.3. The average Bonchev–Trinajstić information content (AvgIpc) is 2.68. The van der Waals surface area contributed by atoms with Crippen LogP contribution in [0.25, 0.3) is 11.0 Å². The number of fused-ring (bicyclic) bond motifs is 1. The first-order chi connectivity index (χ1) is 8.26. The summed E-state index contributed by atoms with van der Waals surface area (Å²) >= 11 is 0. The van der Waals surface area contributed by atoms with Gasteiger partial charge in [0, 0.05) is 6.54 Å². The van der Waals surface area contributed by atoms with Crippen LogP contribution in [0.15, 0.2) is 24.3 Å². The number of benzene rings is 1. The van der Waals surface area contributed by atoms with Crippen molar-refractivity contribution in [1.29, 1.82) is 0 Å². The molecule has 0 saturated carbocycles. The molecule has 5 nitrogen and oxygen atoms in total. The number of para-hydroxylation sites is 2. The monoisotopic (exact) mass is 233 g/mol. The number of amides is 1. The molecule has 0 aliphatic rings. The molecule has 0 radical (unpaired) electrons. The lowest BCUT2D eigenvalue weighted by Crippen LogP contribution is -2.27. The molecule has 1 aromatic carbocycles. The van der Waals surface area contributed by atoms with Gasteiger partial charge in [-0.1, -0.05) is 12.1 Å². The Morgan fingerprint density at radius 2 is 2.24 bits per heavy atom. The highest BCUT2D eigenvalue weighted by Gasteiger charge is 2.11. The summed E-state index contributed by atoms with van der Waals surface area (Å²) in [6.07, 6.45) is 0. The predicted molar refractivity (Wildman–Crippen MR) is 64.3 cm³/mol. The van der Waals surface area contributed by atoms with Gasteiger partial charge in [-0.25, -0.2) is 4.98 Å². The summed E-state index contributed by atoms with van der Waals surface area (Å²) in [5.41, 5.74) is 1.66. The lowest BCUT2D eigenvalue weighted by molar-refractivity contribution is -0.121. The Balaban J connectivity index is 2.39. The first kappa shape index (κ1) is 11.6. The van der Waals surface area contributed by atoms with Crippen molar-refractivity contribution in [3.05, 3.63) is 30.1 Å². The maximum atomic E-state index is 11.6. The lowest BCUT2D eigenvalue weighted by Gasteiger charge is -2.07. The van der Waals surface area contributed by atoms with E-state index in [1.165, 1.54) is 0 Å². The van der Waals surface area contributed by atoms with Crippen LogP contribution in [0.5, 0.6) is 0 Å². The molecule has 0 spiro atoms. The number of hydrogen-bond donors (Lipinski definition) is 2. The van der Waals surface area contributed by atoms with Crippen LogP contribution in [0, 0.1) is 0 Å². The highest BCUT2D eigenvalue weighted by Crippen LogP contribution is 2.15. The minimum atomic E-state index is -0.173. The van der Waals surface area contributed by atoms with Crippen molar-refractivity contribution in [2.45, 2.75) is 20.1 Å². The number of carbonyl (C=O) groups excluding carboxylic acids is 1. The number of nitrogens with zero attached hydrogens (tertiary/aromatic N) is 2. The van der Waals surface area contributed by atoms with E-state index < -0.39 is 0 Å². The number of aliphatic hydroxyl groups is 1. The van der Waals surface area contributed by atoms with Gasteiger partial charge in [-0.15, -0.1) is 0 Å². The Kier molecular flexibility index (Phi) is 3.39. The number of carbonyl (C=O) groups is 1. The van der Waals surface area contributed by atoms with E-state index in [2.05, 4.69) is 10.3 Å². The normalized spacial score (nSPS) is 10.7. The second kappa shape index (κ2) is 4.97.